The highest BCUT2D eigenvalue weighted by atomic mass is 35.5. The molecule has 0 unspecified atom stereocenters. The average Bonchev–Trinajstić information content (AvgIpc) is 2.55. The molecule has 0 N–H and O–H groups in total. The van der Waals surface area contributed by atoms with E-state index in [4.69, 9.17) is 11.6 Å². The van der Waals surface area contributed by atoms with Crippen molar-refractivity contribution in [1.29, 1.82) is 0 Å². The van der Waals surface area contributed by atoms with E-state index in [0.29, 0.717) is 23.9 Å². The zero-order chi connectivity index (χ0) is 13.2. The lowest BCUT2D eigenvalue weighted by atomic mass is 10.2. The van der Waals surface area contributed by atoms with Gasteiger partial charge in [-0.2, -0.15) is 4.31 Å². The summed E-state index contributed by atoms with van der Waals surface area (Å²) < 4.78 is 26.8. The van der Waals surface area contributed by atoms with E-state index in [1.165, 1.54) is 11.3 Å². The Morgan fingerprint density at radius 3 is 2.39 bits per heavy atom. The van der Waals surface area contributed by atoms with E-state index in [0.717, 1.165) is 35.4 Å². The van der Waals surface area contributed by atoms with Gasteiger partial charge >= 0.3 is 0 Å². The minimum absolute atomic E-state index is 0.376. The first-order valence-corrected chi connectivity index (χ1v) is 9.00. The van der Waals surface area contributed by atoms with Crippen LogP contribution >= 0.6 is 22.9 Å². The van der Waals surface area contributed by atoms with Crippen LogP contribution in [0.3, 0.4) is 0 Å². The summed E-state index contributed by atoms with van der Waals surface area (Å²) in [6.07, 6.45) is 4.18. The second-order valence-corrected chi connectivity index (χ2v) is 8.10. The molecule has 0 saturated carbocycles. The third kappa shape index (κ3) is 2.90. The highest BCUT2D eigenvalue weighted by Crippen LogP contribution is 2.30. The molecule has 0 aromatic carbocycles. The summed E-state index contributed by atoms with van der Waals surface area (Å²) in [5.74, 6) is 0.376. The van der Waals surface area contributed by atoms with Crippen LogP contribution in [0.2, 0.25) is 0 Å². The van der Waals surface area contributed by atoms with Gasteiger partial charge in [-0.25, -0.2) is 8.42 Å². The van der Waals surface area contributed by atoms with Crippen LogP contribution in [-0.2, 0) is 15.9 Å². The Morgan fingerprint density at radius 1 is 1.28 bits per heavy atom. The normalized spacial score (nSPS) is 18.8. The van der Waals surface area contributed by atoms with Gasteiger partial charge in [-0.3, -0.25) is 0 Å². The molecule has 1 fully saturated rings. The predicted octanol–water partition coefficient (Wildman–Crippen LogP) is 3.36. The SMILES string of the molecule is Cc1sc(CCl)cc1S(=O)(=O)N1CCCCCC1. The Hall–Kier alpha value is -0.100. The van der Waals surface area contributed by atoms with Gasteiger partial charge in [0.1, 0.15) is 0 Å². The van der Waals surface area contributed by atoms with Crippen LogP contribution in [0.5, 0.6) is 0 Å². The topological polar surface area (TPSA) is 37.4 Å². The summed E-state index contributed by atoms with van der Waals surface area (Å²) in [4.78, 5) is 2.21. The Kier molecular flexibility index (Phi) is 4.69. The fourth-order valence-corrected chi connectivity index (χ4v) is 5.48. The largest absolute Gasteiger partial charge is 0.244 e. The van der Waals surface area contributed by atoms with E-state index in [2.05, 4.69) is 0 Å². The fraction of sp³-hybridized carbons (Fsp3) is 0.667. The van der Waals surface area contributed by atoms with Crippen molar-refractivity contribution in [1.82, 2.24) is 4.31 Å². The number of alkyl halides is 1. The number of rotatable bonds is 3. The average molecular weight is 308 g/mol. The molecule has 0 aliphatic carbocycles. The fourth-order valence-electron chi connectivity index (χ4n) is 2.27. The zero-order valence-electron chi connectivity index (χ0n) is 10.5. The molecule has 0 atom stereocenters. The molecule has 1 aliphatic rings. The number of hydrogen-bond donors (Lipinski definition) is 0. The molecule has 6 heteroatoms. The number of nitrogens with zero attached hydrogens (tertiary/aromatic N) is 1. The highest BCUT2D eigenvalue weighted by Gasteiger charge is 2.27. The van der Waals surface area contributed by atoms with Crippen LogP contribution in [-0.4, -0.2) is 25.8 Å². The lowest BCUT2D eigenvalue weighted by Gasteiger charge is -2.19. The number of thiophene rings is 1. The number of hydrogen-bond acceptors (Lipinski definition) is 3. The molecule has 3 nitrogen and oxygen atoms in total. The second kappa shape index (κ2) is 5.90. The van der Waals surface area contributed by atoms with E-state index in [1.807, 2.05) is 6.92 Å². The molecule has 0 spiro atoms. The summed E-state index contributed by atoms with van der Waals surface area (Å²) in [7, 11) is -3.32. The van der Waals surface area contributed by atoms with E-state index in [1.54, 1.807) is 10.4 Å². The third-order valence-electron chi connectivity index (χ3n) is 3.24. The maximum absolute atomic E-state index is 12.6. The van der Waals surface area contributed by atoms with Crippen molar-refractivity contribution in [2.24, 2.45) is 0 Å². The van der Waals surface area contributed by atoms with Crippen molar-refractivity contribution in [3.63, 3.8) is 0 Å². The molecule has 102 valence electrons. The molecule has 0 radical (unpaired) electrons. The Morgan fingerprint density at radius 2 is 1.89 bits per heavy atom. The Labute approximate surface area is 118 Å². The lowest BCUT2D eigenvalue weighted by molar-refractivity contribution is 0.423. The first-order chi connectivity index (χ1) is 8.55. The van der Waals surface area contributed by atoms with Gasteiger partial charge in [-0.15, -0.1) is 22.9 Å². The second-order valence-electron chi connectivity index (χ2n) is 4.59. The number of sulfonamides is 1. The monoisotopic (exact) mass is 307 g/mol. The van der Waals surface area contributed by atoms with Gasteiger partial charge in [-0.05, 0) is 25.8 Å². The summed E-state index contributed by atoms with van der Waals surface area (Å²) in [5.41, 5.74) is 0. The molecule has 0 bridgehead atoms. The van der Waals surface area contributed by atoms with Gasteiger partial charge in [-0.1, -0.05) is 12.8 Å². The minimum Gasteiger partial charge on any atom is -0.207 e. The van der Waals surface area contributed by atoms with Gasteiger partial charge < -0.3 is 0 Å². The summed E-state index contributed by atoms with van der Waals surface area (Å²) in [6, 6.07) is 1.73. The van der Waals surface area contributed by atoms with Crippen LogP contribution in [0.4, 0.5) is 0 Å². The van der Waals surface area contributed by atoms with Crippen molar-refractivity contribution in [3.05, 3.63) is 15.8 Å². The summed E-state index contributed by atoms with van der Waals surface area (Å²) in [5, 5.41) is 0. The van der Waals surface area contributed by atoms with Gasteiger partial charge in [0, 0.05) is 22.8 Å². The quantitative estimate of drug-likeness (QED) is 0.803. The molecule has 1 aromatic rings. The number of aryl methyl sites for hydroxylation is 1. The Balaban J connectivity index is 2.31. The lowest BCUT2D eigenvalue weighted by Crippen LogP contribution is -2.32. The third-order valence-corrected chi connectivity index (χ3v) is 6.89. The van der Waals surface area contributed by atoms with Gasteiger partial charge in [0.2, 0.25) is 10.0 Å². The molecular formula is C12H18ClNO2S2. The molecule has 1 aliphatic heterocycles. The van der Waals surface area contributed by atoms with Crippen LogP contribution < -0.4 is 0 Å². The van der Waals surface area contributed by atoms with Crippen LogP contribution in [0.1, 0.15) is 35.4 Å². The van der Waals surface area contributed by atoms with Gasteiger partial charge in [0.05, 0.1) is 10.8 Å². The van der Waals surface area contributed by atoms with E-state index in [-0.39, 0.29) is 0 Å². The summed E-state index contributed by atoms with van der Waals surface area (Å²) >= 11 is 7.25. The molecule has 2 rings (SSSR count). The van der Waals surface area contributed by atoms with Crippen molar-refractivity contribution in [2.75, 3.05) is 13.1 Å². The van der Waals surface area contributed by atoms with E-state index >= 15 is 0 Å². The van der Waals surface area contributed by atoms with Crippen LogP contribution in [0, 0.1) is 6.92 Å². The molecule has 1 saturated heterocycles. The molecule has 2 heterocycles. The Bertz CT molecular complexity index is 502. The first-order valence-electron chi connectivity index (χ1n) is 6.21. The molecule has 18 heavy (non-hydrogen) atoms. The zero-order valence-corrected chi connectivity index (χ0v) is 12.9. The van der Waals surface area contributed by atoms with Crippen molar-refractivity contribution in [3.8, 4) is 0 Å². The number of halogens is 1. The van der Waals surface area contributed by atoms with Crippen LogP contribution in [0.25, 0.3) is 0 Å². The predicted molar refractivity (Wildman–Crippen MR) is 75.8 cm³/mol. The van der Waals surface area contributed by atoms with E-state index in [9.17, 15) is 8.42 Å². The summed E-state index contributed by atoms with van der Waals surface area (Å²) in [6.45, 7) is 3.15. The van der Waals surface area contributed by atoms with Gasteiger partial charge in [0.15, 0.2) is 0 Å². The highest BCUT2D eigenvalue weighted by molar-refractivity contribution is 7.89. The van der Waals surface area contributed by atoms with Gasteiger partial charge in [0.25, 0.3) is 0 Å². The molecular weight excluding hydrogens is 290 g/mol. The molecule has 0 amide bonds. The smallest absolute Gasteiger partial charge is 0.207 e. The van der Waals surface area contributed by atoms with E-state index < -0.39 is 10.0 Å². The minimum atomic E-state index is -3.32. The molecule has 1 aromatic heterocycles. The maximum atomic E-state index is 12.6. The first kappa shape index (κ1) is 14.3. The van der Waals surface area contributed by atoms with Crippen molar-refractivity contribution >= 4 is 33.0 Å². The van der Waals surface area contributed by atoms with Crippen LogP contribution in [0.15, 0.2) is 11.0 Å². The van der Waals surface area contributed by atoms with Crippen molar-refractivity contribution < 1.29 is 8.42 Å². The maximum Gasteiger partial charge on any atom is 0.244 e. The van der Waals surface area contributed by atoms with Crippen molar-refractivity contribution in [2.45, 2.75) is 43.4 Å². The standard InChI is InChI=1S/C12H18ClNO2S2/c1-10-12(8-11(9-13)17-10)18(15,16)14-6-4-2-3-5-7-14/h8H,2-7,9H2,1H3.